The summed E-state index contributed by atoms with van der Waals surface area (Å²) in [6, 6.07) is 14.1. The number of carbonyl (C=O) groups is 2. The summed E-state index contributed by atoms with van der Waals surface area (Å²) in [6.45, 7) is 6.35. The number of hydrogen-bond donors (Lipinski definition) is 3. The molecule has 7 heteroatoms. The number of nitrogens with zero attached hydrogens (tertiary/aromatic N) is 1. The Morgan fingerprint density at radius 2 is 1.84 bits per heavy atom. The van der Waals surface area contributed by atoms with Gasteiger partial charge < -0.3 is 20.8 Å². The van der Waals surface area contributed by atoms with Crippen LogP contribution in [0.25, 0.3) is 11.5 Å². The van der Waals surface area contributed by atoms with E-state index in [1.807, 2.05) is 57.2 Å². The molecule has 1 aliphatic heterocycles. The molecule has 31 heavy (non-hydrogen) atoms. The predicted molar refractivity (Wildman–Crippen MR) is 120 cm³/mol. The summed E-state index contributed by atoms with van der Waals surface area (Å²) in [4.78, 5) is 25.7. The van der Waals surface area contributed by atoms with E-state index in [9.17, 15) is 9.59 Å². The molecule has 0 radical (unpaired) electrons. The summed E-state index contributed by atoms with van der Waals surface area (Å²) in [7, 11) is 0. The van der Waals surface area contributed by atoms with Gasteiger partial charge in [-0.05, 0) is 32.9 Å². The Kier molecular flexibility index (Phi) is 5.07. The number of nitrogens with two attached hydrogens (primary N) is 2. The van der Waals surface area contributed by atoms with Gasteiger partial charge in [0.15, 0.2) is 0 Å². The molecule has 0 aromatic heterocycles. The van der Waals surface area contributed by atoms with Crippen LogP contribution >= 0.6 is 0 Å². The second-order valence-corrected chi connectivity index (χ2v) is 8.23. The highest BCUT2D eigenvalue weighted by Gasteiger charge is 2.50. The number of anilines is 1. The zero-order valence-corrected chi connectivity index (χ0v) is 17.8. The van der Waals surface area contributed by atoms with Crippen LogP contribution in [0.2, 0.25) is 0 Å². The molecule has 2 aromatic rings. The van der Waals surface area contributed by atoms with E-state index >= 15 is 0 Å². The van der Waals surface area contributed by atoms with E-state index in [1.165, 1.54) is 5.01 Å². The average Bonchev–Trinajstić information content (AvgIpc) is 3.02. The normalized spacial score (nSPS) is 19.6. The van der Waals surface area contributed by atoms with Crippen LogP contribution in [-0.4, -0.2) is 34.8 Å². The van der Waals surface area contributed by atoms with E-state index < -0.39 is 23.2 Å². The van der Waals surface area contributed by atoms with Gasteiger partial charge in [0.2, 0.25) is 11.6 Å². The molecule has 1 aliphatic carbocycles. The monoisotopic (exact) mass is 418 g/mol. The summed E-state index contributed by atoms with van der Waals surface area (Å²) in [5, 5.41) is 4.90. The molecule has 1 heterocycles. The summed E-state index contributed by atoms with van der Waals surface area (Å²) >= 11 is 0. The highest BCUT2D eigenvalue weighted by molar-refractivity contribution is 6.52. The maximum Gasteiger partial charge on any atom is 0.235 e. The fourth-order valence-corrected chi connectivity index (χ4v) is 3.96. The van der Waals surface area contributed by atoms with Gasteiger partial charge in [-0.3, -0.25) is 9.59 Å². The van der Waals surface area contributed by atoms with Crippen molar-refractivity contribution in [2.75, 3.05) is 11.9 Å². The first kappa shape index (κ1) is 20.7. The lowest BCUT2D eigenvalue weighted by molar-refractivity contribution is -0.112. The molecule has 0 saturated heterocycles. The lowest BCUT2D eigenvalue weighted by Gasteiger charge is -2.29. The van der Waals surface area contributed by atoms with Crippen molar-refractivity contribution < 1.29 is 14.3 Å². The fraction of sp³-hybridized carbons (Fsp3) is 0.250. The molecular formula is C24H26N4O3. The highest BCUT2D eigenvalue weighted by atomic mass is 16.5. The Morgan fingerprint density at radius 1 is 1.13 bits per heavy atom. The summed E-state index contributed by atoms with van der Waals surface area (Å²) in [6.07, 6.45) is 1.67. The number of rotatable bonds is 5. The third-order valence-electron chi connectivity index (χ3n) is 5.64. The van der Waals surface area contributed by atoms with Crippen LogP contribution in [0.4, 0.5) is 5.69 Å². The fourth-order valence-electron chi connectivity index (χ4n) is 3.96. The Bertz CT molecular complexity index is 1130. The third kappa shape index (κ3) is 3.57. The lowest BCUT2D eigenvalue weighted by atomic mass is 9.83. The topological polar surface area (TPSA) is 111 Å². The van der Waals surface area contributed by atoms with Crippen LogP contribution in [0.5, 0.6) is 0 Å². The van der Waals surface area contributed by atoms with Gasteiger partial charge in [-0.2, -0.15) is 0 Å². The Morgan fingerprint density at radius 3 is 2.55 bits per heavy atom. The zero-order valence-electron chi connectivity index (χ0n) is 17.8. The number of benzene rings is 2. The zero-order chi connectivity index (χ0) is 22.3. The minimum atomic E-state index is -0.744. The van der Waals surface area contributed by atoms with Gasteiger partial charge in [-0.1, -0.05) is 36.4 Å². The predicted octanol–water partition coefficient (Wildman–Crippen LogP) is 2.91. The van der Waals surface area contributed by atoms with Crippen LogP contribution in [0.1, 0.15) is 42.3 Å². The molecule has 0 spiro atoms. The number of ketones is 2. The summed E-state index contributed by atoms with van der Waals surface area (Å²) in [5.74, 6) is 5.26. The number of nitrogens with one attached hydrogen (secondary N) is 1. The van der Waals surface area contributed by atoms with Crippen LogP contribution in [0.15, 0.2) is 60.3 Å². The maximum atomic E-state index is 13.0. The van der Waals surface area contributed by atoms with Gasteiger partial charge in [0.1, 0.15) is 11.4 Å². The van der Waals surface area contributed by atoms with Gasteiger partial charge in [0.05, 0.1) is 17.3 Å². The minimum Gasteiger partial charge on any atom is -0.484 e. The van der Waals surface area contributed by atoms with Crippen molar-refractivity contribution in [1.29, 1.82) is 0 Å². The van der Waals surface area contributed by atoms with Crippen LogP contribution in [0.3, 0.4) is 0 Å². The van der Waals surface area contributed by atoms with E-state index in [0.717, 1.165) is 11.3 Å². The smallest absolute Gasteiger partial charge is 0.235 e. The molecule has 0 amide bonds. The number of hydrazine groups is 1. The molecule has 0 saturated carbocycles. The van der Waals surface area contributed by atoms with Gasteiger partial charge in [-0.25, -0.2) is 5.84 Å². The number of hydrogen-bond acceptors (Lipinski definition) is 7. The number of Topliss-reactive ketones (excluding diaryl/α,β-unsaturated/α-hetero) is 2. The quantitative estimate of drug-likeness (QED) is 0.389. The number of carbonyl (C=O) groups excluding carboxylic acids is 2. The molecule has 2 aromatic carbocycles. The van der Waals surface area contributed by atoms with E-state index in [4.69, 9.17) is 16.3 Å². The molecular weight excluding hydrogens is 392 g/mol. The van der Waals surface area contributed by atoms with Gasteiger partial charge in [-0.15, -0.1) is 0 Å². The second-order valence-electron chi connectivity index (χ2n) is 8.23. The molecule has 2 aliphatic rings. The van der Waals surface area contributed by atoms with E-state index in [-0.39, 0.29) is 0 Å². The van der Waals surface area contributed by atoms with Crippen molar-refractivity contribution in [2.24, 2.45) is 11.6 Å². The molecule has 160 valence electrons. The molecule has 4 rings (SSSR count). The van der Waals surface area contributed by atoms with Crippen molar-refractivity contribution in [3.05, 3.63) is 77.0 Å². The number of ether oxygens (including phenoxy) is 1. The third-order valence-corrected chi connectivity index (χ3v) is 5.64. The minimum absolute atomic E-state index is 0.363. The van der Waals surface area contributed by atoms with Crippen LogP contribution in [0, 0.1) is 0 Å². The molecule has 0 fully saturated rings. The standard InChI is InChI=1S/C24H26N4O3/c1-4-28(26)13-18(25)14-8-7-9-15(12-14)27-23-19-21(30)20(29)16-10-5-6-11-17(16)22(19)31-24(23,2)3/h5-13,23,27H,4,25-26H2,1-3H3/b18-13-. The molecule has 7 nitrogen and oxygen atoms in total. The van der Waals surface area contributed by atoms with Crippen molar-refractivity contribution in [3.63, 3.8) is 0 Å². The molecule has 1 atom stereocenters. The Balaban J connectivity index is 1.72. The number of fused-ring (bicyclic) bond motifs is 2. The van der Waals surface area contributed by atoms with Gasteiger partial charge in [0.25, 0.3) is 0 Å². The van der Waals surface area contributed by atoms with Crippen molar-refractivity contribution in [2.45, 2.75) is 32.4 Å². The summed E-state index contributed by atoms with van der Waals surface area (Å²) < 4.78 is 6.21. The first-order chi connectivity index (χ1) is 14.7. The van der Waals surface area contributed by atoms with Gasteiger partial charge in [0, 0.05) is 35.1 Å². The molecule has 0 bridgehead atoms. The van der Waals surface area contributed by atoms with Crippen molar-refractivity contribution in [3.8, 4) is 0 Å². The molecule has 5 N–H and O–H groups in total. The first-order valence-corrected chi connectivity index (χ1v) is 10.2. The van der Waals surface area contributed by atoms with Gasteiger partial charge >= 0.3 is 0 Å². The van der Waals surface area contributed by atoms with Crippen LogP contribution in [-0.2, 0) is 9.53 Å². The van der Waals surface area contributed by atoms with E-state index in [0.29, 0.717) is 34.7 Å². The van der Waals surface area contributed by atoms with Crippen LogP contribution < -0.4 is 16.9 Å². The maximum absolute atomic E-state index is 13.0. The SMILES string of the molecule is CCN(N)/C=C(\N)c1cccc(NC2C3=C(OC2(C)C)c2ccccc2C(=O)C3=O)c1. The second kappa shape index (κ2) is 7.59. The Labute approximate surface area is 181 Å². The van der Waals surface area contributed by atoms with Crippen molar-refractivity contribution in [1.82, 2.24) is 5.01 Å². The average molecular weight is 418 g/mol. The lowest BCUT2D eigenvalue weighted by Crippen LogP contribution is -2.43. The first-order valence-electron chi connectivity index (χ1n) is 10.2. The Hall–Kier alpha value is -3.58. The largest absolute Gasteiger partial charge is 0.484 e. The van der Waals surface area contributed by atoms with E-state index in [2.05, 4.69) is 5.32 Å². The summed E-state index contributed by atoms with van der Waals surface area (Å²) in [5.41, 5.74) is 8.90. The van der Waals surface area contributed by atoms with E-state index in [1.54, 1.807) is 18.3 Å². The highest BCUT2D eigenvalue weighted by Crippen LogP contribution is 2.44. The molecule has 1 unspecified atom stereocenters. The van der Waals surface area contributed by atoms with Crippen molar-refractivity contribution >= 4 is 28.7 Å².